The van der Waals surface area contributed by atoms with Gasteiger partial charge in [0.1, 0.15) is 11.4 Å². The number of fused-ring (bicyclic) bond motifs is 1. The lowest BCUT2D eigenvalue weighted by molar-refractivity contribution is -0.131. The second-order valence-electron chi connectivity index (χ2n) is 5.53. The Bertz CT molecular complexity index is 646. The Labute approximate surface area is 134 Å². The Hall–Kier alpha value is -1.70. The van der Waals surface area contributed by atoms with Crippen LogP contribution in [0.1, 0.15) is 34.6 Å². The molecule has 0 aliphatic rings. The topological polar surface area (TPSA) is 76.8 Å². The van der Waals surface area contributed by atoms with E-state index < -0.39 is 0 Å². The summed E-state index contributed by atoms with van der Waals surface area (Å²) in [4.78, 5) is 22.8. The van der Waals surface area contributed by atoms with E-state index in [2.05, 4.69) is 20.3 Å². The molecule has 2 rings (SSSR count). The van der Waals surface area contributed by atoms with E-state index >= 15 is 0 Å². The monoisotopic (exact) mass is 322 g/mol. The predicted molar refractivity (Wildman–Crippen MR) is 86.6 cm³/mol. The van der Waals surface area contributed by atoms with Crippen LogP contribution in [0.2, 0.25) is 0 Å². The van der Waals surface area contributed by atoms with Crippen molar-refractivity contribution in [3.8, 4) is 0 Å². The molecule has 0 aromatic carbocycles. The molecule has 0 saturated heterocycles. The fourth-order valence-electron chi connectivity index (χ4n) is 2.47. The van der Waals surface area contributed by atoms with Crippen LogP contribution in [0.15, 0.2) is 11.4 Å². The van der Waals surface area contributed by atoms with Crippen molar-refractivity contribution in [3.05, 3.63) is 6.33 Å². The highest BCUT2D eigenvalue weighted by molar-refractivity contribution is 8.00. The molecular weight excluding hydrogens is 300 g/mol. The highest BCUT2D eigenvalue weighted by Gasteiger charge is 2.21. The summed E-state index contributed by atoms with van der Waals surface area (Å²) in [6.07, 6.45) is 1.49. The third kappa shape index (κ3) is 3.37. The van der Waals surface area contributed by atoms with E-state index in [-0.39, 0.29) is 18.0 Å². The van der Waals surface area contributed by atoms with E-state index in [0.29, 0.717) is 28.5 Å². The summed E-state index contributed by atoms with van der Waals surface area (Å²) in [6, 6.07) is 0.360. The quantitative estimate of drug-likeness (QED) is 0.598. The third-order valence-corrected chi connectivity index (χ3v) is 4.26. The van der Waals surface area contributed by atoms with E-state index in [0.717, 1.165) is 0 Å². The largest absolute Gasteiger partial charge is 0.337 e. The summed E-state index contributed by atoms with van der Waals surface area (Å²) in [5, 5.41) is 8.87. The minimum atomic E-state index is 0.102. The van der Waals surface area contributed by atoms with Gasteiger partial charge in [0.2, 0.25) is 5.91 Å². The normalized spacial score (nSPS) is 11.6. The number of hydrogen-bond acceptors (Lipinski definition) is 6. The van der Waals surface area contributed by atoms with Gasteiger partial charge in [0.05, 0.1) is 5.75 Å². The van der Waals surface area contributed by atoms with Crippen molar-refractivity contribution in [3.63, 3.8) is 0 Å². The zero-order chi connectivity index (χ0) is 16.3. The first-order valence-electron chi connectivity index (χ1n) is 7.43. The molecule has 0 atom stereocenters. The van der Waals surface area contributed by atoms with Crippen LogP contribution in [0.4, 0.5) is 0 Å². The number of nitrogens with zero attached hydrogens (tertiary/aromatic N) is 6. The molecule has 22 heavy (non-hydrogen) atoms. The molecule has 0 spiro atoms. The molecule has 120 valence electrons. The molecule has 7 nitrogen and oxygen atoms in total. The second kappa shape index (κ2) is 7.04. The summed E-state index contributed by atoms with van der Waals surface area (Å²) in [7, 11) is 0. The number of carbonyl (C=O) groups excluding carboxylic acids is 1. The highest BCUT2D eigenvalue weighted by Crippen LogP contribution is 2.23. The standard InChI is InChI=1S/C14H22N6OS/c1-6-19-13-12(17-18-19)14(16-8-15-13)22-7-11(21)20(9(2)3)10(4)5/h8-10H,6-7H2,1-5H3. The van der Waals surface area contributed by atoms with E-state index in [9.17, 15) is 4.79 Å². The molecule has 2 aromatic heterocycles. The number of amides is 1. The average Bonchev–Trinajstić information content (AvgIpc) is 2.87. The molecule has 0 N–H and O–H groups in total. The number of aryl methyl sites for hydroxylation is 1. The van der Waals surface area contributed by atoms with Gasteiger partial charge in [0, 0.05) is 18.6 Å². The Morgan fingerprint density at radius 2 is 1.95 bits per heavy atom. The van der Waals surface area contributed by atoms with Gasteiger partial charge >= 0.3 is 0 Å². The maximum absolute atomic E-state index is 12.4. The van der Waals surface area contributed by atoms with E-state index in [1.807, 2.05) is 39.5 Å². The van der Waals surface area contributed by atoms with Crippen LogP contribution in [0.5, 0.6) is 0 Å². The SMILES string of the molecule is CCn1nnc2c(SCC(=O)N(C(C)C)C(C)C)ncnc21. The molecule has 1 amide bonds. The average molecular weight is 322 g/mol. The molecule has 0 saturated carbocycles. The summed E-state index contributed by atoms with van der Waals surface area (Å²) in [6.45, 7) is 10.8. The molecule has 2 heterocycles. The molecule has 0 aliphatic heterocycles. The van der Waals surface area contributed by atoms with Gasteiger partial charge in [0.25, 0.3) is 0 Å². The van der Waals surface area contributed by atoms with Gasteiger partial charge in [-0.3, -0.25) is 4.79 Å². The first-order valence-corrected chi connectivity index (χ1v) is 8.42. The molecule has 0 fully saturated rings. The van der Waals surface area contributed by atoms with Gasteiger partial charge in [-0.25, -0.2) is 14.6 Å². The summed E-state index contributed by atoms with van der Waals surface area (Å²) in [5.41, 5.74) is 1.36. The van der Waals surface area contributed by atoms with Crippen LogP contribution in [0.25, 0.3) is 11.2 Å². The third-order valence-electron chi connectivity index (χ3n) is 3.30. The Morgan fingerprint density at radius 1 is 1.27 bits per heavy atom. The number of rotatable bonds is 6. The Morgan fingerprint density at radius 3 is 2.55 bits per heavy atom. The number of aromatic nitrogens is 5. The lowest BCUT2D eigenvalue weighted by Gasteiger charge is -2.30. The number of hydrogen-bond donors (Lipinski definition) is 0. The molecule has 0 bridgehead atoms. The van der Waals surface area contributed by atoms with Crippen molar-refractivity contribution in [1.82, 2.24) is 29.9 Å². The van der Waals surface area contributed by atoms with Crippen LogP contribution < -0.4 is 0 Å². The van der Waals surface area contributed by atoms with Gasteiger partial charge in [0.15, 0.2) is 11.2 Å². The minimum Gasteiger partial charge on any atom is -0.337 e. The van der Waals surface area contributed by atoms with Crippen LogP contribution in [-0.2, 0) is 11.3 Å². The van der Waals surface area contributed by atoms with Crippen LogP contribution in [0, 0.1) is 0 Å². The zero-order valence-electron chi connectivity index (χ0n) is 13.6. The molecule has 0 aliphatic carbocycles. The van der Waals surface area contributed by atoms with Crippen LogP contribution >= 0.6 is 11.8 Å². The van der Waals surface area contributed by atoms with E-state index in [1.165, 1.54) is 18.1 Å². The number of thioether (sulfide) groups is 1. The van der Waals surface area contributed by atoms with Crippen LogP contribution in [-0.4, -0.2) is 53.6 Å². The maximum Gasteiger partial charge on any atom is 0.233 e. The van der Waals surface area contributed by atoms with Crippen molar-refractivity contribution >= 4 is 28.8 Å². The van der Waals surface area contributed by atoms with E-state index in [4.69, 9.17) is 0 Å². The molecule has 0 unspecified atom stereocenters. The molecular formula is C14H22N6OS. The minimum absolute atomic E-state index is 0.102. The van der Waals surface area contributed by atoms with Gasteiger partial charge in [-0.05, 0) is 34.6 Å². The summed E-state index contributed by atoms with van der Waals surface area (Å²) >= 11 is 1.39. The molecule has 8 heteroatoms. The summed E-state index contributed by atoms with van der Waals surface area (Å²) < 4.78 is 1.72. The van der Waals surface area contributed by atoms with E-state index in [1.54, 1.807) is 4.68 Å². The van der Waals surface area contributed by atoms with Crippen molar-refractivity contribution in [2.24, 2.45) is 0 Å². The predicted octanol–water partition coefficient (Wildman–Crippen LogP) is 1.98. The van der Waals surface area contributed by atoms with Crippen molar-refractivity contribution < 1.29 is 4.79 Å². The maximum atomic E-state index is 12.4. The van der Waals surface area contributed by atoms with Crippen molar-refractivity contribution in [1.29, 1.82) is 0 Å². The number of carbonyl (C=O) groups is 1. The summed E-state index contributed by atoms with van der Waals surface area (Å²) in [5.74, 6) is 0.436. The zero-order valence-corrected chi connectivity index (χ0v) is 14.5. The molecule has 2 aromatic rings. The highest BCUT2D eigenvalue weighted by atomic mass is 32.2. The first-order chi connectivity index (χ1) is 10.5. The second-order valence-corrected chi connectivity index (χ2v) is 6.50. The fraction of sp³-hybridized carbons (Fsp3) is 0.643. The molecule has 0 radical (unpaired) electrons. The van der Waals surface area contributed by atoms with Crippen molar-refractivity contribution in [2.45, 2.75) is 58.3 Å². The van der Waals surface area contributed by atoms with Gasteiger partial charge in [-0.1, -0.05) is 17.0 Å². The van der Waals surface area contributed by atoms with Gasteiger partial charge in [-0.2, -0.15) is 0 Å². The first kappa shape index (κ1) is 16.7. The van der Waals surface area contributed by atoms with Gasteiger partial charge < -0.3 is 4.90 Å². The van der Waals surface area contributed by atoms with Gasteiger partial charge in [-0.15, -0.1) is 5.10 Å². The smallest absolute Gasteiger partial charge is 0.233 e. The lowest BCUT2D eigenvalue weighted by atomic mass is 10.2. The van der Waals surface area contributed by atoms with Crippen molar-refractivity contribution in [2.75, 3.05) is 5.75 Å². The Kier molecular flexibility index (Phi) is 5.33. The Balaban J connectivity index is 2.15. The fourth-order valence-corrected chi connectivity index (χ4v) is 3.27. The lowest BCUT2D eigenvalue weighted by Crippen LogP contribution is -2.43. The van der Waals surface area contributed by atoms with Crippen LogP contribution in [0.3, 0.4) is 0 Å².